The Kier molecular flexibility index (Phi) is 65.2. The quantitative estimate of drug-likeness (QED) is 0.0261. The molecule has 0 amide bonds. The van der Waals surface area contributed by atoms with E-state index in [1.807, 2.05) is 0 Å². The zero-order valence-corrected chi connectivity index (χ0v) is 53.1. The lowest BCUT2D eigenvalue weighted by Crippen LogP contribution is -2.30. The van der Waals surface area contributed by atoms with E-state index in [0.29, 0.717) is 19.3 Å². The second-order valence-electron chi connectivity index (χ2n) is 23.1. The third kappa shape index (κ3) is 65.4. The van der Waals surface area contributed by atoms with E-state index in [1.54, 1.807) is 0 Å². The van der Waals surface area contributed by atoms with Gasteiger partial charge in [0.2, 0.25) is 0 Å². The predicted molar refractivity (Wildman–Crippen MR) is 348 cm³/mol. The molecule has 462 valence electrons. The highest BCUT2D eigenvalue weighted by molar-refractivity contribution is 5.71. The van der Waals surface area contributed by atoms with Crippen LogP contribution in [0.5, 0.6) is 0 Å². The van der Waals surface area contributed by atoms with E-state index in [0.717, 1.165) is 103 Å². The van der Waals surface area contributed by atoms with Crippen molar-refractivity contribution in [3.05, 3.63) is 85.1 Å². The summed E-state index contributed by atoms with van der Waals surface area (Å²) < 4.78 is 17.0. The van der Waals surface area contributed by atoms with Gasteiger partial charge in [0.25, 0.3) is 0 Å². The van der Waals surface area contributed by atoms with Gasteiger partial charge in [-0.05, 0) is 96.3 Å². The molecule has 6 heteroatoms. The van der Waals surface area contributed by atoms with E-state index in [9.17, 15) is 14.4 Å². The molecule has 0 N–H and O–H groups in total. The van der Waals surface area contributed by atoms with Crippen LogP contribution in [0.25, 0.3) is 0 Å². The molecule has 0 saturated carbocycles. The van der Waals surface area contributed by atoms with E-state index in [2.05, 4.69) is 106 Å². The van der Waals surface area contributed by atoms with Crippen molar-refractivity contribution < 1.29 is 28.6 Å². The van der Waals surface area contributed by atoms with E-state index in [-0.39, 0.29) is 31.1 Å². The number of hydrogen-bond acceptors (Lipinski definition) is 6. The number of carbonyl (C=O) groups is 3. The summed E-state index contributed by atoms with van der Waals surface area (Å²) in [7, 11) is 0. The van der Waals surface area contributed by atoms with Crippen LogP contribution in [-0.4, -0.2) is 37.2 Å². The summed E-state index contributed by atoms with van der Waals surface area (Å²) in [5.74, 6) is -0.867. The highest BCUT2D eigenvalue weighted by Gasteiger charge is 2.19. The van der Waals surface area contributed by atoms with Crippen LogP contribution in [0.4, 0.5) is 0 Å². The van der Waals surface area contributed by atoms with E-state index >= 15 is 0 Å². The fourth-order valence-electron chi connectivity index (χ4n) is 9.97. The topological polar surface area (TPSA) is 78.9 Å². The number of carbonyl (C=O) groups excluding carboxylic acids is 3. The van der Waals surface area contributed by atoms with Crippen LogP contribution in [0, 0.1) is 0 Å². The van der Waals surface area contributed by atoms with Gasteiger partial charge in [0.15, 0.2) is 6.10 Å². The van der Waals surface area contributed by atoms with Crippen LogP contribution < -0.4 is 0 Å². The second kappa shape index (κ2) is 68.1. The first-order valence-electron chi connectivity index (χ1n) is 34.6. The highest BCUT2D eigenvalue weighted by Crippen LogP contribution is 2.17. The maximum absolute atomic E-state index is 12.9. The molecule has 0 aliphatic heterocycles. The molecule has 0 aromatic carbocycles. The molecule has 0 aromatic rings. The molecule has 6 nitrogen and oxygen atoms in total. The smallest absolute Gasteiger partial charge is 0.306 e. The standard InChI is InChI=1S/C74H130O6/c1-4-7-10-13-16-19-22-25-28-30-31-32-33-34-35-36-37-38-39-40-41-42-43-44-47-49-52-55-58-61-64-67-73(76)79-70-71(69-78-72(75)66-63-60-57-54-51-48-45-27-24-21-18-15-12-9-6-3)80-74(77)68-65-62-59-56-53-50-46-29-26-23-20-17-14-11-8-5-2/h7,10,16,19,25,28-29,31-32,34-35,37-38,46,71H,4-6,8-9,11-15,17-18,20-24,26-27,30,33,36,39-45,47-70H2,1-3H3/b10-7-,19-16-,28-25-,32-31-,35-34-,38-37-,46-29-. The number of ether oxygens (including phenoxy) is 3. The number of esters is 3. The lowest BCUT2D eigenvalue weighted by atomic mass is 10.0. The van der Waals surface area contributed by atoms with Crippen molar-refractivity contribution in [2.24, 2.45) is 0 Å². The summed E-state index contributed by atoms with van der Waals surface area (Å²) in [4.78, 5) is 38.4. The van der Waals surface area contributed by atoms with Gasteiger partial charge in [-0.1, -0.05) is 318 Å². The summed E-state index contributed by atoms with van der Waals surface area (Å²) in [5.41, 5.74) is 0. The number of allylic oxidation sites excluding steroid dienone is 14. The summed E-state index contributed by atoms with van der Waals surface area (Å²) in [5, 5.41) is 0. The Morgan fingerprint density at radius 3 is 0.775 bits per heavy atom. The maximum atomic E-state index is 12.9. The minimum Gasteiger partial charge on any atom is -0.462 e. The predicted octanol–water partition coefficient (Wildman–Crippen LogP) is 23.8. The molecule has 0 spiro atoms. The van der Waals surface area contributed by atoms with Gasteiger partial charge in [-0.25, -0.2) is 0 Å². The van der Waals surface area contributed by atoms with Crippen LogP contribution in [0.1, 0.15) is 348 Å². The highest BCUT2D eigenvalue weighted by atomic mass is 16.6. The molecule has 0 aliphatic rings. The van der Waals surface area contributed by atoms with Crippen molar-refractivity contribution >= 4 is 17.9 Å². The van der Waals surface area contributed by atoms with Gasteiger partial charge < -0.3 is 14.2 Å². The Morgan fingerprint density at radius 2 is 0.487 bits per heavy atom. The lowest BCUT2D eigenvalue weighted by molar-refractivity contribution is -0.167. The van der Waals surface area contributed by atoms with Gasteiger partial charge >= 0.3 is 17.9 Å². The molecular formula is C74H130O6. The molecule has 0 aliphatic carbocycles. The maximum Gasteiger partial charge on any atom is 0.306 e. The van der Waals surface area contributed by atoms with Crippen molar-refractivity contribution in [2.45, 2.75) is 354 Å². The van der Waals surface area contributed by atoms with E-state index < -0.39 is 6.10 Å². The van der Waals surface area contributed by atoms with Crippen molar-refractivity contribution in [1.29, 1.82) is 0 Å². The minimum absolute atomic E-state index is 0.0753. The first-order valence-corrected chi connectivity index (χ1v) is 34.6. The molecule has 0 radical (unpaired) electrons. The number of rotatable bonds is 63. The molecular weight excluding hydrogens is 985 g/mol. The molecule has 0 bridgehead atoms. The van der Waals surface area contributed by atoms with Crippen molar-refractivity contribution in [2.75, 3.05) is 13.2 Å². The molecule has 1 unspecified atom stereocenters. The Bertz CT molecular complexity index is 1520. The summed E-state index contributed by atoms with van der Waals surface area (Å²) in [6.07, 6.45) is 90.3. The molecule has 0 rings (SSSR count). The largest absolute Gasteiger partial charge is 0.462 e. The van der Waals surface area contributed by atoms with Gasteiger partial charge in [0.1, 0.15) is 13.2 Å². The zero-order chi connectivity index (χ0) is 57.8. The Hall–Kier alpha value is -3.41. The normalized spacial score (nSPS) is 12.6. The fraction of sp³-hybridized carbons (Fsp3) is 0.770. The first kappa shape index (κ1) is 76.6. The molecule has 1 atom stereocenters. The van der Waals surface area contributed by atoms with Gasteiger partial charge in [-0.3, -0.25) is 14.4 Å². The molecule has 0 heterocycles. The molecule has 0 aromatic heterocycles. The molecule has 0 fully saturated rings. The summed E-state index contributed by atoms with van der Waals surface area (Å²) in [6, 6.07) is 0. The van der Waals surface area contributed by atoms with Gasteiger partial charge in [-0.15, -0.1) is 0 Å². The van der Waals surface area contributed by atoms with Gasteiger partial charge in [0, 0.05) is 19.3 Å². The Morgan fingerprint density at radius 1 is 0.263 bits per heavy atom. The molecule has 80 heavy (non-hydrogen) atoms. The van der Waals surface area contributed by atoms with Crippen LogP contribution in [0.3, 0.4) is 0 Å². The summed E-state index contributed by atoms with van der Waals surface area (Å²) in [6.45, 7) is 6.56. The van der Waals surface area contributed by atoms with E-state index in [4.69, 9.17) is 14.2 Å². The van der Waals surface area contributed by atoms with Crippen LogP contribution in [0.2, 0.25) is 0 Å². The number of hydrogen-bond donors (Lipinski definition) is 0. The molecule has 0 saturated heterocycles. The minimum atomic E-state index is -0.780. The summed E-state index contributed by atoms with van der Waals surface area (Å²) >= 11 is 0. The van der Waals surface area contributed by atoms with Crippen molar-refractivity contribution in [1.82, 2.24) is 0 Å². The fourth-order valence-corrected chi connectivity index (χ4v) is 9.97. The zero-order valence-electron chi connectivity index (χ0n) is 53.1. The number of unbranched alkanes of at least 4 members (excludes halogenated alkanes) is 38. The first-order chi connectivity index (χ1) is 39.5. The Labute approximate surface area is 496 Å². The average Bonchev–Trinajstić information content (AvgIpc) is 3.46. The average molecular weight is 1120 g/mol. The third-order valence-electron chi connectivity index (χ3n) is 15.1. The third-order valence-corrected chi connectivity index (χ3v) is 15.1. The van der Waals surface area contributed by atoms with Crippen LogP contribution in [0.15, 0.2) is 85.1 Å². The van der Waals surface area contributed by atoms with Crippen molar-refractivity contribution in [3.63, 3.8) is 0 Å². The monoisotopic (exact) mass is 1110 g/mol. The van der Waals surface area contributed by atoms with Crippen LogP contribution in [-0.2, 0) is 28.6 Å². The van der Waals surface area contributed by atoms with E-state index in [1.165, 1.54) is 205 Å². The Balaban J connectivity index is 4.25. The van der Waals surface area contributed by atoms with Crippen LogP contribution >= 0.6 is 0 Å². The second-order valence-corrected chi connectivity index (χ2v) is 23.1. The van der Waals surface area contributed by atoms with Gasteiger partial charge in [0.05, 0.1) is 0 Å². The van der Waals surface area contributed by atoms with Gasteiger partial charge in [-0.2, -0.15) is 0 Å². The lowest BCUT2D eigenvalue weighted by Gasteiger charge is -2.18. The SMILES string of the molecule is CC/C=C\C/C=C\C/C=C\C/C=C\C/C=C\C/C=C\CCCCCCCCCCCCCCC(=O)OCC(COC(=O)CCCCCCCCCCCCCCCCC)OC(=O)CCCCCCC/C=C\CCCCCCCCC. The van der Waals surface area contributed by atoms with Crippen molar-refractivity contribution in [3.8, 4) is 0 Å².